The van der Waals surface area contributed by atoms with Crippen molar-refractivity contribution in [2.75, 3.05) is 11.1 Å². The average molecular weight is 344 g/mol. The lowest BCUT2D eigenvalue weighted by Crippen LogP contribution is -2.00. The van der Waals surface area contributed by atoms with Gasteiger partial charge >= 0.3 is 0 Å². The highest BCUT2D eigenvalue weighted by atomic mass is 79.9. The molecule has 1 aromatic carbocycles. The zero-order valence-electron chi connectivity index (χ0n) is 8.11. The number of halogens is 2. The molecular weight excluding hydrogens is 336 g/mol. The topological polar surface area (TPSA) is 63.8 Å². The Morgan fingerprint density at radius 2 is 2.06 bits per heavy atom. The van der Waals surface area contributed by atoms with E-state index in [9.17, 15) is 0 Å². The summed E-state index contributed by atoms with van der Waals surface area (Å²) < 4.78 is 1.92. The lowest BCUT2D eigenvalue weighted by molar-refractivity contribution is 1.17. The summed E-state index contributed by atoms with van der Waals surface area (Å²) in [7, 11) is 0. The summed E-state index contributed by atoms with van der Waals surface area (Å²) in [5.74, 6) is 0.591. The Labute approximate surface area is 110 Å². The van der Waals surface area contributed by atoms with Crippen LogP contribution < -0.4 is 11.1 Å². The number of aromatic nitrogens is 2. The molecule has 0 aliphatic heterocycles. The minimum atomic E-state index is 0.509. The van der Waals surface area contributed by atoms with Gasteiger partial charge in [-0.2, -0.15) is 0 Å². The van der Waals surface area contributed by atoms with Crippen LogP contribution in [0.1, 0.15) is 0 Å². The van der Waals surface area contributed by atoms with Crippen LogP contribution in [0.2, 0.25) is 0 Å². The largest absolute Gasteiger partial charge is 0.394 e. The van der Waals surface area contributed by atoms with Crippen molar-refractivity contribution in [3.8, 4) is 0 Å². The second-order valence-electron chi connectivity index (χ2n) is 3.08. The van der Waals surface area contributed by atoms with Gasteiger partial charge in [-0.3, -0.25) is 0 Å². The third-order valence-corrected chi connectivity index (χ3v) is 3.11. The number of benzene rings is 1. The lowest BCUT2D eigenvalue weighted by atomic mass is 10.3. The van der Waals surface area contributed by atoms with Gasteiger partial charge in [-0.25, -0.2) is 9.97 Å². The molecule has 0 unspecified atom stereocenters. The minimum Gasteiger partial charge on any atom is -0.394 e. The van der Waals surface area contributed by atoms with Gasteiger partial charge in [-0.05, 0) is 34.1 Å². The Hall–Kier alpha value is -1.14. The zero-order chi connectivity index (χ0) is 11.5. The summed E-state index contributed by atoms with van der Waals surface area (Å²) in [5.41, 5.74) is 7.14. The number of hydrogen-bond acceptors (Lipinski definition) is 4. The van der Waals surface area contributed by atoms with Crippen molar-refractivity contribution in [2.24, 2.45) is 0 Å². The van der Waals surface area contributed by atoms with Crippen molar-refractivity contribution in [2.45, 2.75) is 0 Å². The molecule has 0 bridgehead atoms. The van der Waals surface area contributed by atoms with Gasteiger partial charge < -0.3 is 11.1 Å². The number of nitrogen functional groups attached to an aromatic ring is 1. The van der Waals surface area contributed by atoms with E-state index in [2.05, 4.69) is 47.1 Å². The molecule has 0 radical (unpaired) electrons. The van der Waals surface area contributed by atoms with E-state index in [0.29, 0.717) is 11.5 Å². The predicted octanol–water partition coefficient (Wildman–Crippen LogP) is 3.33. The summed E-state index contributed by atoms with van der Waals surface area (Å²) in [6.45, 7) is 0. The maximum atomic E-state index is 5.74. The van der Waals surface area contributed by atoms with Gasteiger partial charge in [0.1, 0.15) is 6.33 Å². The Kier molecular flexibility index (Phi) is 3.40. The van der Waals surface area contributed by atoms with Crippen molar-refractivity contribution in [1.29, 1.82) is 0 Å². The SMILES string of the molecule is Nc1cncnc1Nc1cc(Br)ccc1Br. The quantitative estimate of drug-likeness (QED) is 0.877. The highest BCUT2D eigenvalue weighted by Crippen LogP contribution is 2.29. The first-order valence-corrected chi connectivity index (χ1v) is 6.03. The van der Waals surface area contributed by atoms with Crippen molar-refractivity contribution in [3.63, 3.8) is 0 Å². The Morgan fingerprint density at radius 3 is 2.81 bits per heavy atom. The summed E-state index contributed by atoms with van der Waals surface area (Å²) in [6, 6.07) is 5.81. The van der Waals surface area contributed by atoms with Crippen molar-refractivity contribution < 1.29 is 0 Å². The lowest BCUT2D eigenvalue weighted by Gasteiger charge is -2.09. The molecule has 3 N–H and O–H groups in total. The number of anilines is 3. The normalized spacial score (nSPS) is 10.1. The second-order valence-corrected chi connectivity index (χ2v) is 4.85. The summed E-state index contributed by atoms with van der Waals surface area (Å²) in [4.78, 5) is 7.89. The molecule has 2 aromatic rings. The van der Waals surface area contributed by atoms with E-state index < -0.39 is 0 Å². The molecule has 1 heterocycles. The van der Waals surface area contributed by atoms with E-state index in [1.807, 2.05) is 18.2 Å². The van der Waals surface area contributed by atoms with Gasteiger partial charge in [0.25, 0.3) is 0 Å². The van der Waals surface area contributed by atoms with Crippen LogP contribution in [-0.4, -0.2) is 9.97 Å². The molecule has 0 aliphatic carbocycles. The minimum absolute atomic E-state index is 0.509. The first-order valence-electron chi connectivity index (χ1n) is 4.44. The Balaban J connectivity index is 2.34. The van der Waals surface area contributed by atoms with E-state index in [1.54, 1.807) is 6.20 Å². The average Bonchev–Trinajstić information content (AvgIpc) is 2.27. The molecule has 2 rings (SSSR count). The van der Waals surface area contributed by atoms with Crippen LogP contribution in [-0.2, 0) is 0 Å². The Bertz CT molecular complexity index is 516. The van der Waals surface area contributed by atoms with Crippen molar-refractivity contribution in [3.05, 3.63) is 39.7 Å². The van der Waals surface area contributed by atoms with Gasteiger partial charge in [0.05, 0.1) is 17.6 Å². The molecule has 0 saturated heterocycles. The first-order chi connectivity index (χ1) is 7.66. The van der Waals surface area contributed by atoms with E-state index >= 15 is 0 Å². The van der Waals surface area contributed by atoms with Crippen LogP contribution in [0.3, 0.4) is 0 Å². The highest BCUT2D eigenvalue weighted by molar-refractivity contribution is 9.11. The third kappa shape index (κ3) is 2.51. The number of rotatable bonds is 2. The number of nitrogens with zero attached hydrogens (tertiary/aromatic N) is 2. The standard InChI is InChI=1S/C10H8Br2N4/c11-6-1-2-7(12)9(3-6)16-10-8(13)4-14-5-15-10/h1-5H,13H2,(H,14,15,16). The van der Waals surface area contributed by atoms with Gasteiger partial charge in [-0.1, -0.05) is 15.9 Å². The summed E-state index contributed by atoms with van der Waals surface area (Å²) in [6.07, 6.45) is 3.01. The van der Waals surface area contributed by atoms with Crippen LogP contribution >= 0.6 is 31.9 Å². The fraction of sp³-hybridized carbons (Fsp3) is 0. The van der Waals surface area contributed by atoms with Crippen LogP contribution in [0.5, 0.6) is 0 Å². The van der Waals surface area contributed by atoms with E-state index in [1.165, 1.54) is 6.33 Å². The molecule has 0 spiro atoms. The van der Waals surface area contributed by atoms with Crippen LogP contribution in [0.4, 0.5) is 17.2 Å². The monoisotopic (exact) mass is 342 g/mol. The molecule has 1 aromatic heterocycles. The predicted molar refractivity (Wildman–Crippen MR) is 71.6 cm³/mol. The second kappa shape index (κ2) is 4.80. The maximum Gasteiger partial charge on any atom is 0.157 e. The van der Waals surface area contributed by atoms with Crippen LogP contribution in [0, 0.1) is 0 Å². The fourth-order valence-corrected chi connectivity index (χ4v) is 1.87. The first kappa shape index (κ1) is 11.3. The third-order valence-electron chi connectivity index (χ3n) is 1.92. The zero-order valence-corrected chi connectivity index (χ0v) is 11.3. The molecular formula is C10H8Br2N4. The van der Waals surface area contributed by atoms with Gasteiger partial charge in [0.15, 0.2) is 5.82 Å². The smallest absolute Gasteiger partial charge is 0.157 e. The number of hydrogen-bond donors (Lipinski definition) is 2. The molecule has 4 nitrogen and oxygen atoms in total. The molecule has 82 valence electrons. The van der Waals surface area contributed by atoms with Gasteiger partial charge in [-0.15, -0.1) is 0 Å². The molecule has 0 saturated carbocycles. The Morgan fingerprint density at radius 1 is 1.25 bits per heavy atom. The van der Waals surface area contributed by atoms with Gasteiger partial charge in [0.2, 0.25) is 0 Å². The summed E-state index contributed by atoms with van der Waals surface area (Å²) >= 11 is 6.85. The van der Waals surface area contributed by atoms with Crippen LogP contribution in [0.15, 0.2) is 39.7 Å². The van der Waals surface area contributed by atoms with Gasteiger partial charge in [0, 0.05) is 8.95 Å². The van der Waals surface area contributed by atoms with Crippen molar-refractivity contribution >= 4 is 49.1 Å². The molecule has 6 heteroatoms. The molecule has 16 heavy (non-hydrogen) atoms. The molecule has 0 atom stereocenters. The fourth-order valence-electron chi connectivity index (χ4n) is 1.17. The molecule has 0 aliphatic rings. The van der Waals surface area contributed by atoms with E-state index in [0.717, 1.165) is 14.6 Å². The number of nitrogens with one attached hydrogen (secondary N) is 1. The van der Waals surface area contributed by atoms with E-state index in [4.69, 9.17) is 5.73 Å². The maximum absolute atomic E-state index is 5.74. The molecule has 0 fully saturated rings. The van der Waals surface area contributed by atoms with E-state index in [-0.39, 0.29) is 0 Å². The van der Waals surface area contributed by atoms with Crippen molar-refractivity contribution in [1.82, 2.24) is 9.97 Å². The molecule has 0 amide bonds. The number of nitrogens with two attached hydrogens (primary N) is 1. The summed E-state index contributed by atoms with van der Waals surface area (Å²) in [5, 5.41) is 3.13. The highest BCUT2D eigenvalue weighted by Gasteiger charge is 2.04. The van der Waals surface area contributed by atoms with Crippen LogP contribution in [0.25, 0.3) is 0 Å².